The van der Waals surface area contributed by atoms with Gasteiger partial charge in [0.1, 0.15) is 0 Å². The minimum atomic E-state index is -0.774. The number of benzene rings is 1. The lowest BCUT2D eigenvalue weighted by molar-refractivity contribution is -0.136. The van der Waals surface area contributed by atoms with Crippen molar-refractivity contribution in [3.05, 3.63) is 35.4 Å². The van der Waals surface area contributed by atoms with E-state index in [-0.39, 0.29) is 6.42 Å². The number of hydrogen-bond donors (Lipinski definition) is 2. The molecule has 0 aliphatic carbocycles. The SMILES string of the molecule is CN1CCCCC1CNCc1ccccc1CC(=O)O. The van der Waals surface area contributed by atoms with Crippen LogP contribution >= 0.6 is 0 Å². The molecule has 1 aromatic carbocycles. The largest absolute Gasteiger partial charge is 0.481 e. The zero-order valence-corrected chi connectivity index (χ0v) is 12.1. The first-order chi connectivity index (χ1) is 9.66. The van der Waals surface area contributed by atoms with Crippen LogP contribution in [0.4, 0.5) is 0 Å². The molecule has 0 radical (unpaired) electrons. The second-order valence-corrected chi connectivity index (χ2v) is 5.60. The van der Waals surface area contributed by atoms with E-state index in [1.807, 2.05) is 24.3 Å². The Kier molecular flexibility index (Phi) is 5.56. The van der Waals surface area contributed by atoms with Crippen molar-refractivity contribution in [3.8, 4) is 0 Å². The molecule has 1 atom stereocenters. The fraction of sp³-hybridized carbons (Fsp3) is 0.562. The molecular formula is C16H24N2O2. The van der Waals surface area contributed by atoms with Gasteiger partial charge in [-0.3, -0.25) is 4.79 Å². The molecule has 1 aliphatic rings. The predicted octanol–water partition coefficient (Wildman–Crippen LogP) is 1.89. The highest BCUT2D eigenvalue weighted by Gasteiger charge is 2.18. The highest BCUT2D eigenvalue weighted by Crippen LogP contribution is 2.15. The number of aliphatic carboxylic acids is 1. The summed E-state index contributed by atoms with van der Waals surface area (Å²) in [5, 5.41) is 12.4. The number of likely N-dealkylation sites (N-methyl/N-ethyl adjacent to an activating group) is 1. The van der Waals surface area contributed by atoms with E-state index in [0.29, 0.717) is 6.04 Å². The summed E-state index contributed by atoms with van der Waals surface area (Å²) >= 11 is 0. The first-order valence-electron chi connectivity index (χ1n) is 7.36. The minimum Gasteiger partial charge on any atom is -0.481 e. The highest BCUT2D eigenvalue weighted by molar-refractivity contribution is 5.70. The number of likely N-dealkylation sites (tertiary alicyclic amines) is 1. The molecule has 0 amide bonds. The van der Waals surface area contributed by atoms with Crippen molar-refractivity contribution >= 4 is 5.97 Å². The van der Waals surface area contributed by atoms with Gasteiger partial charge < -0.3 is 15.3 Å². The minimum absolute atomic E-state index is 0.0984. The Labute approximate surface area is 120 Å². The molecule has 1 aliphatic heterocycles. The average molecular weight is 276 g/mol. The Morgan fingerprint density at radius 2 is 2.10 bits per heavy atom. The maximum Gasteiger partial charge on any atom is 0.307 e. The molecule has 1 unspecified atom stereocenters. The van der Waals surface area contributed by atoms with Crippen molar-refractivity contribution in [1.29, 1.82) is 0 Å². The third kappa shape index (κ3) is 4.32. The summed E-state index contributed by atoms with van der Waals surface area (Å²) in [4.78, 5) is 13.3. The van der Waals surface area contributed by atoms with E-state index >= 15 is 0 Å². The van der Waals surface area contributed by atoms with Crippen molar-refractivity contribution < 1.29 is 9.90 Å². The van der Waals surface area contributed by atoms with Crippen LogP contribution in [0.2, 0.25) is 0 Å². The molecule has 0 saturated carbocycles. The lowest BCUT2D eigenvalue weighted by Gasteiger charge is -2.32. The third-order valence-electron chi connectivity index (χ3n) is 4.08. The predicted molar refractivity (Wildman–Crippen MR) is 79.8 cm³/mol. The van der Waals surface area contributed by atoms with E-state index in [1.54, 1.807) is 0 Å². The van der Waals surface area contributed by atoms with E-state index in [4.69, 9.17) is 5.11 Å². The van der Waals surface area contributed by atoms with Crippen LogP contribution in [0.15, 0.2) is 24.3 Å². The fourth-order valence-electron chi connectivity index (χ4n) is 2.84. The van der Waals surface area contributed by atoms with E-state index in [9.17, 15) is 4.79 Å². The summed E-state index contributed by atoms with van der Waals surface area (Å²) in [5.41, 5.74) is 2.00. The van der Waals surface area contributed by atoms with Gasteiger partial charge in [0.25, 0.3) is 0 Å². The maximum absolute atomic E-state index is 10.9. The summed E-state index contributed by atoms with van der Waals surface area (Å²) in [5.74, 6) is -0.774. The van der Waals surface area contributed by atoms with Crippen molar-refractivity contribution in [2.45, 2.75) is 38.3 Å². The number of carboxylic acid groups (broad SMARTS) is 1. The van der Waals surface area contributed by atoms with Gasteiger partial charge in [0.2, 0.25) is 0 Å². The lowest BCUT2D eigenvalue weighted by Crippen LogP contribution is -2.42. The number of nitrogens with zero attached hydrogens (tertiary/aromatic N) is 1. The Morgan fingerprint density at radius 1 is 1.35 bits per heavy atom. The molecule has 0 spiro atoms. The topological polar surface area (TPSA) is 52.6 Å². The zero-order valence-electron chi connectivity index (χ0n) is 12.1. The summed E-state index contributed by atoms with van der Waals surface area (Å²) in [6.07, 6.45) is 3.96. The molecule has 110 valence electrons. The number of hydrogen-bond acceptors (Lipinski definition) is 3. The standard InChI is InChI=1S/C16H24N2O2/c1-18-9-5-4-8-15(18)12-17-11-14-7-3-2-6-13(14)10-16(19)20/h2-3,6-7,15,17H,4-5,8-12H2,1H3,(H,19,20). The van der Waals surface area contributed by atoms with E-state index in [0.717, 1.165) is 24.2 Å². The van der Waals surface area contributed by atoms with E-state index in [1.165, 1.54) is 25.8 Å². The Balaban J connectivity index is 1.85. The number of carbonyl (C=O) groups is 1. The van der Waals surface area contributed by atoms with Crippen molar-refractivity contribution in [1.82, 2.24) is 10.2 Å². The fourth-order valence-corrected chi connectivity index (χ4v) is 2.84. The summed E-state index contributed by atoms with van der Waals surface area (Å²) in [6.45, 7) is 2.90. The highest BCUT2D eigenvalue weighted by atomic mass is 16.4. The normalized spacial score (nSPS) is 19.9. The number of carboxylic acids is 1. The van der Waals surface area contributed by atoms with Crippen LogP contribution in [-0.2, 0) is 17.8 Å². The molecule has 4 heteroatoms. The van der Waals surface area contributed by atoms with Gasteiger partial charge in [-0.2, -0.15) is 0 Å². The first kappa shape index (κ1) is 15.0. The molecule has 0 aromatic heterocycles. The number of rotatable bonds is 6. The Bertz CT molecular complexity index is 448. The van der Waals surface area contributed by atoms with Crippen molar-refractivity contribution in [3.63, 3.8) is 0 Å². The van der Waals surface area contributed by atoms with Crippen LogP contribution in [0.25, 0.3) is 0 Å². The maximum atomic E-state index is 10.9. The van der Waals surface area contributed by atoms with Gasteiger partial charge in [0, 0.05) is 19.1 Å². The average Bonchev–Trinajstić information content (AvgIpc) is 2.42. The Morgan fingerprint density at radius 3 is 2.80 bits per heavy atom. The van der Waals surface area contributed by atoms with Gasteiger partial charge in [0.15, 0.2) is 0 Å². The molecule has 1 saturated heterocycles. The lowest BCUT2D eigenvalue weighted by atomic mass is 10.0. The van der Waals surface area contributed by atoms with Crippen molar-refractivity contribution in [2.24, 2.45) is 0 Å². The summed E-state index contributed by atoms with van der Waals surface area (Å²) in [6, 6.07) is 8.38. The van der Waals surface area contributed by atoms with Gasteiger partial charge >= 0.3 is 5.97 Å². The zero-order chi connectivity index (χ0) is 14.4. The molecule has 1 fully saturated rings. The smallest absolute Gasteiger partial charge is 0.307 e. The molecule has 1 aromatic rings. The first-order valence-corrected chi connectivity index (χ1v) is 7.36. The molecule has 20 heavy (non-hydrogen) atoms. The van der Waals surface area contributed by atoms with Gasteiger partial charge in [-0.25, -0.2) is 0 Å². The van der Waals surface area contributed by atoms with Gasteiger partial charge in [-0.1, -0.05) is 30.7 Å². The van der Waals surface area contributed by atoms with Gasteiger partial charge in [0.05, 0.1) is 6.42 Å². The van der Waals surface area contributed by atoms with Gasteiger partial charge in [-0.15, -0.1) is 0 Å². The summed E-state index contributed by atoms with van der Waals surface area (Å²) in [7, 11) is 2.18. The van der Waals surface area contributed by atoms with E-state index in [2.05, 4.69) is 17.3 Å². The molecule has 2 rings (SSSR count). The van der Waals surface area contributed by atoms with E-state index < -0.39 is 5.97 Å². The van der Waals surface area contributed by atoms with Crippen LogP contribution in [0, 0.1) is 0 Å². The summed E-state index contributed by atoms with van der Waals surface area (Å²) < 4.78 is 0. The molecule has 2 N–H and O–H groups in total. The second kappa shape index (κ2) is 7.41. The molecule has 1 heterocycles. The van der Waals surface area contributed by atoms with Crippen LogP contribution in [-0.4, -0.2) is 42.2 Å². The quantitative estimate of drug-likeness (QED) is 0.833. The van der Waals surface area contributed by atoms with Crippen LogP contribution in [0.1, 0.15) is 30.4 Å². The van der Waals surface area contributed by atoms with Crippen LogP contribution in [0.5, 0.6) is 0 Å². The molecule has 0 bridgehead atoms. The van der Waals surface area contributed by atoms with Crippen molar-refractivity contribution in [2.75, 3.05) is 20.1 Å². The Hall–Kier alpha value is -1.39. The third-order valence-corrected chi connectivity index (χ3v) is 4.08. The second-order valence-electron chi connectivity index (χ2n) is 5.60. The van der Waals surface area contributed by atoms with Crippen LogP contribution in [0.3, 0.4) is 0 Å². The molecule has 4 nitrogen and oxygen atoms in total. The number of nitrogens with one attached hydrogen (secondary N) is 1. The van der Waals surface area contributed by atoms with Gasteiger partial charge in [-0.05, 0) is 37.6 Å². The monoisotopic (exact) mass is 276 g/mol. The molecular weight excluding hydrogens is 252 g/mol. The number of piperidine rings is 1. The van der Waals surface area contributed by atoms with Crippen LogP contribution < -0.4 is 5.32 Å².